The van der Waals surface area contributed by atoms with Crippen LogP contribution in [0, 0.1) is 10.1 Å². The highest BCUT2D eigenvalue weighted by atomic mass is 16.6. The maximum atomic E-state index is 10.8. The Kier molecular flexibility index (Phi) is 10.7. The van der Waals surface area contributed by atoms with E-state index >= 15 is 0 Å². The van der Waals surface area contributed by atoms with Crippen LogP contribution in [-0.2, 0) is 18.9 Å². The number of nitrogens with zero attached hydrogens (tertiary/aromatic N) is 4. The van der Waals surface area contributed by atoms with Gasteiger partial charge in [-0.05, 0) is 24.3 Å². The van der Waals surface area contributed by atoms with Crippen LogP contribution in [0.25, 0.3) is 0 Å². The van der Waals surface area contributed by atoms with Gasteiger partial charge in [0.15, 0.2) is 0 Å². The summed E-state index contributed by atoms with van der Waals surface area (Å²) in [5.41, 5.74) is 1.99. The number of non-ortho nitro benzene ring substituents is 1. The van der Waals surface area contributed by atoms with E-state index in [0.29, 0.717) is 83.1 Å². The number of hydrogen-bond acceptors (Lipinski definition) is 10. The lowest BCUT2D eigenvalue weighted by Gasteiger charge is -2.25. The second-order valence-electron chi connectivity index (χ2n) is 7.27. The number of anilines is 1. The lowest BCUT2D eigenvalue weighted by Crippen LogP contribution is -2.31. The first-order valence-corrected chi connectivity index (χ1v) is 11.1. The van der Waals surface area contributed by atoms with Gasteiger partial charge in [-0.3, -0.25) is 10.1 Å². The van der Waals surface area contributed by atoms with Crippen LogP contribution in [0.2, 0.25) is 0 Å². The Balaban J connectivity index is 1.68. The Bertz CT molecular complexity index is 908. The molecule has 11 heteroatoms. The summed E-state index contributed by atoms with van der Waals surface area (Å²) in [5, 5.41) is 19.2. The highest BCUT2D eigenvalue weighted by Crippen LogP contribution is 2.33. The molecule has 0 N–H and O–H groups in total. The van der Waals surface area contributed by atoms with Crippen molar-refractivity contribution >= 4 is 22.7 Å². The fourth-order valence-corrected chi connectivity index (χ4v) is 3.18. The van der Waals surface area contributed by atoms with Crippen LogP contribution in [0.1, 0.15) is 0 Å². The van der Waals surface area contributed by atoms with E-state index in [9.17, 15) is 10.1 Å². The molecule has 1 aliphatic heterocycles. The smallest absolute Gasteiger partial charge is 0.269 e. The lowest BCUT2D eigenvalue weighted by atomic mass is 10.2. The zero-order valence-electron chi connectivity index (χ0n) is 19.3. The number of nitro benzene ring substituents is 1. The topological polar surface area (TPSA) is 117 Å². The molecule has 184 valence electrons. The molecule has 11 nitrogen and oxygen atoms in total. The molecule has 1 aliphatic rings. The SMILES string of the molecule is COc1cc(N2CCOCCOCCOCCOCC2)ccc1N=Nc1ccc([N+](=O)[O-])cc1. The van der Waals surface area contributed by atoms with E-state index in [1.807, 2.05) is 18.2 Å². The lowest BCUT2D eigenvalue weighted by molar-refractivity contribution is -0.384. The van der Waals surface area contributed by atoms with E-state index in [-0.39, 0.29) is 5.69 Å². The number of azo groups is 1. The van der Waals surface area contributed by atoms with Gasteiger partial charge in [0.2, 0.25) is 0 Å². The van der Waals surface area contributed by atoms with Crippen molar-refractivity contribution < 1.29 is 28.6 Å². The van der Waals surface area contributed by atoms with Crippen molar-refractivity contribution in [3.8, 4) is 5.75 Å². The maximum Gasteiger partial charge on any atom is 0.269 e. The third-order valence-corrected chi connectivity index (χ3v) is 4.99. The van der Waals surface area contributed by atoms with Gasteiger partial charge >= 0.3 is 0 Å². The third-order valence-electron chi connectivity index (χ3n) is 4.99. The van der Waals surface area contributed by atoms with E-state index in [2.05, 4.69) is 15.1 Å². The molecule has 0 saturated carbocycles. The standard InChI is InChI=1S/C23H30N4O7/c1-30-23-18-21(6-7-22(23)25-24-19-2-4-20(5-3-19)27(28)29)26-8-10-31-12-14-33-16-17-34-15-13-32-11-9-26/h2-7,18H,8-17H2,1H3. The molecule has 2 aromatic rings. The summed E-state index contributed by atoms with van der Waals surface area (Å²) in [6.07, 6.45) is 0. The van der Waals surface area contributed by atoms with Crippen molar-refractivity contribution in [3.63, 3.8) is 0 Å². The zero-order chi connectivity index (χ0) is 24.0. The minimum atomic E-state index is -0.456. The molecule has 0 bridgehead atoms. The van der Waals surface area contributed by atoms with Gasteiger partial charge < -0.3 is 28.6 Å². The largest absolute Gasteiger partial charge is 0.494 e. The van der Waals surface area contributed by atoms with E-state index < -0.39 is 4.92 Å². The molecule has 34 heavy (non-hydrogen) atoms. The number of nitro groups is 1. The monoisotopic (exact) mass is 474 g/mol. The molecule has 0 amide bonds. The van der Waals surface area contributed by atoms with E-state index in [4.69, 9.17) is 23.7 Å². The summed E-state index contributed by atoms with van der Waals surface area (Å²) in [6.45, 7) is 5.63. The minimum absolute atomic E-state index is 0.00158. The van der Waals surface area contributed by atoms with Crippen molar-refractivity contribution in [1.82, 2.24) is 0 Å². The van der Waals surface area contributed by atoms with Gasteiger partial charge in [-0.1, -0.05) is 0 Å². The number of ether oxygens (including phenoxy) is 5. The van der Waals surface area contributed by atoms with E-state index in [1.54, 1.807) is 19.2 Å². The average molecular weight is 475 g/mol. The van der Waals surface area contributed by atoms with Crippen LogP contribution in [0.5, 0.6) is 5.75 Å². The Morgan fingerprint density at radius 3 is 1.91 bits per heavy atom. The van der Waals surface area contributed by atoms with Crippen LogP contribution in [0.3, 0.4) is 0 Å². The third kappa shape index (κ3) is 8.34. The number of benzene rings is 2. The first-order chi connectivity index (χ1) is 16.7. The second-order valence-corrected chi connectivity index (χ2v) is 7.27. The summed E-state index contributed by atoms with van der Waals surface area (Å²) >= 11 is 0. The zero-order valence-corrected chi connectivity index (χ0v) is 19.3. The van der Waals surface area contributed by atoms with Crippen LogP contribution in [-0.4, -0.2) is 78.0 Å². The van der Waals surface area contributed by atoms with Gasteiger partial charge in [0.1, 0.15) is 11.4 Å². The first-order valence-electron chi connectivity index (χ1n) is 11.1. The normalized spacial score (nSPS) is 17.1. The van der Waals surface area contributed by atoms with Gasteiger partial charge in [-0.25, -0.2) is 0 Å². The summed E-state index contributed by atoms with van der Waals surface area (Å²) in [6, 6.07) is 11.5. The summed E-state index contributed by atoms with van der Waals surface area (Å²) in [4.78, 5) is 12.5. The molecule has 0 aromatic heterocycles. The maximum absolute atomic E-state index is 10.8. The molecule has 0 spiro atoms. The summed E-state index contributed by atoms with van der Waals surface area (Å²) in [7, 11) is 1.57. The van der Waals surface area contributed by atoms with Gasteiger partial charge in [-0.15, -0.1) is 5.11 Å². The summed E-state index contributed by atoms with van der Waals surface area (Å²) in [5.74, 6) is 0.558. The Morgan fingerprint density at radius 2 is 1.38 bits per heavy atom. The van der Waals surface area contributed by atoms with Crippen LogP contribution in [0.4, 0.5) is 22.7 Å². The first kappa shape index (κ1) is 25.5. The van der Waals surface area contributed by atoms with E-state index in [0.717, 1.165) is 5.69 Å². The molecule has 3 rings (SSSR count). The number of rotatable bonds is 5. The van der Waals surface area contributed by atoms with Gasteiger partial charge in [0.05, 0.1) is 70.6 Å². The van der Waals surface area contributed by atoms with Crippen molar-refractivity contribution in [1.29, 1.82) is 0 Å². The number of hydrogen-bond donors (Lipinski definition) is 0. The molecule has 0 unspecified atom stereocenters. The molecular weight excluding hydrogens is 444 g/mol. The van der Waals surface area contributed by atoms with Crippen LogP contribution in [0.15, 0.2) is 52.7 Å². The van der Waals surface area contributed by atoms with Crippen LogP contribution < -0.4 is 9.64 Å². The van der Waals surface area contributed by atoms with Crippen LogP contribution >= 0.6 is 0 Å². The van der Waals surface area contributed by atoms with Crippen molar-refractivity contribution in [2.24, 2.45) is 10.2 Å². The predicted octanol–water partition coefficient (Wildman–Crippen LogP) is 3.91. The highest BCUT2D eigenvalue weighted by molar-refractivity contribution is 5.62. The Labute approximate surface area is 198 Å². The molecule has 2 aromatic carbocycles. The molecule has 1 saturated heterocycles. The quantitative estimate of drug-likeness (QED) is 0.364. The van der Waals surface area contributed by atoms with Crippen molar-refractivity contribution in [2.45, 2.75) is 0 Å². The molecule has 0 radical (unpaired) electrons. The molecule has 0 aliphatic carbocycles. The average Bonchev–Trinajstić information content (AvgIpc) is 2.87. The minimum Gasteiger partial charge on any atom is -0.494 e. The van der Waals surface area contributed by atoms with Gasteiger partial charge in [0, 0.05) is 37.0 Å². The van der Waals surface area contributed by atoms with E-state index in [1.165, 1.54) is 12.1 Å². The van der Waals surface area contributed by atoms with Crippen molar-refractivity contribution in [2.75, 3.05) is 78.0 Å². The second kappa shape index (κ2) is 14.2. The molecule has 1 fully saturated rings. The van der Waals surface area contributed by atoms with Gasteiger partial charge in [0.25, 0.3) is 5.69 Å². The number of methoxy groups -OCH3 is 1. The molecule has 1 heterocycles. The summed E-state index contributed by atoms with van der Waals surface area (Å²) < 4.78 is 27.9. The molecule has 0 atom stereocenters. The van der Waals surface area contributed by atoms with Gasteiger partial charge in [-0.2, -0.15) is 5.11 Å². The van der Waals surface area contributed by atoms with Crippen molar-refractivity contribution in [3.05, 3.63) is 52.6 Å². The predicted molar refractivity (Wildman–Crippen MR) is 126 cm³/mol. The molecular formula is C23H30N4O7. The Hall–Kier alpha value is -3.12. The fourth-order valence-electron chi connectivity index (χ4n) is 3.18. The Morgan fingerprint density at radius 1 is 0.824 bits per heavy atom. The fraction of sp³-hybridized carbons (Fsp3) is 0.478. The highest BCUT2D eigenvalue weighted by Gasteiger charge is 2.12.